The highest BCUT2D eigenvalue weighted by molar-refractivity contribution is 8.00. The van der Waals surface area contributed by atoms with Crippen LogP contribution in [0.5, 0.6) is 0 Å². The van der Waals surface area contributed by atoms with E-state index in [-0.39, 0.29) is 29.9 Å². The highest BCUT2D eigenvalue weighted by atomic mass is 35.5. The Kier molecular flexibility index (Phi) is 4.25. The quantitative estimate of drug-likeness (QED) is 0.806. The zero-order valence-electron chi connectivity index (χ0n) is 10.0. The summed E-state index contributed by atoms with van der Waals surface area (Å²) in [7, 11) is 0. The third kappa shape index (κ3) is 3.33. The van der Waals surface area contributed by atoms with E-state index in [0.717, 1.165) is 5.56 Å². The smallest absolute Gasteiger partial charge is 0.311 e. The Morgan fingerprint density at radius 1 is 1.42 bits per heavy atom. The SMILES string of the molecule is Cc1ccnc2c1nc(CCl)n2CCSC(F)(F)F. The summed E-state index contributed by atoms with van der Waals surface area (Å²) in [6.07, 6.45) is 1.62. The van der Waals surface area contributed by atoms with Crippen molar-refractivity contribution in [2.24, 2.45) is 0 Å². The van der Waals surface area contributed by atoms with E-state index in [1.807, 2.05) is 13.0 Å². The van der Waals surface area contributed by atoms with Crippen LogP contribution >= 0.6 is 23.4 Å². The standard InChI is InChI=1S/C11H11ClF3N3S/c1-7-2-3-16-10-9(7)17-8(6-12)18(10)4-5-19-11(13,14)15/h2-3H,4-6H2,1H3. The van der Waals surface area contributed by atoms with Crippen molar-refractivity contribution in [3.63, 3.8) is 0 Å². The molecule has 0 fully saturated rings. The van der Waals surface area contributed by atoms with Crippen LogP contribution in [-0.2, 0) is 12.4 Å². The van der Waals surface area contributed by atoms with Gasteiger partial charge in [0.2, 0.25) is 0 Å². The first-order valence-electron chi connectivity index (χ1n) is 5.50. The third-order valence-electron chi connectivity index (χ3n) is 2.61. The number of hydrogen-bond acceptors (Lipinski definition) is 3. The molecule has 2 heterocycles. The van der Waals surface area contributed by atoms with Gasteiger partial charge in [0, 0.05) is 18.5 Å². The lowest BCUT2D eigenvalue weighted by atomic mass is 10.3. The normalized spacial score (nSPS) is 12.3. The van der Waals surface area contributed by atoms with Gasteiger partial charge >= 0.3 is 5.51 Å². The maximum atomic E-state index is 12.1. The van der Waals surface area contributed by atoms with E-state index in [1.165, 1.54) is 0 Å². The summed E-state index contributed by atoms with van der Waals surface area (Å²) < 4.78 is 38.1. The molecule has 0 aliphatic rings. The van der Waals surface area contributed by atoms with Gasteiger partial charge in [-0.3, -0.25) is 0 Å². The highest BCUT2D eigenvalue weighted by Crippen LogP contribution is 2.30. The van der Waals surface area contributed by atoms with Crippen LogP contribution < -0.4 is 0 Å². The van der Waals surface area contributed by atoms with Crippen molar-refractivity contribution in [1.29, 1.82) is 0 Å². The number of thioether (sulfide) groups is 1. The Hall–Kier alpha value is -0.950. The Morgan fingerprint density at radius 3 is 2.79 bits per heavy atom. The van der Waals surface area contributed by atoms with Crippen LogP contribution in [0.2, 0.25) is 0 Å². The second kappa shape index (κ2) is 5.58. The zero-order chi connectivity index (χ0) is 14.0. The maximum absolute atomic E-state index is 12.1. The van der Waals surface area contributed by atoms with Gasteiger partial charge in [0.1, 0.15) is 11.3 Å². The number of alkyl halides is 4. The summed E-state index contributed by atoms with van der Waals surface area (Å²) in [5, 5.41) is 0. The van der Waals surface area contributed by atoms with Crippen LogP contribution in [0.3, 0.4) is 0 Å². The van der Waals surface area contributed by atoms with Crippen LogP contribution in [0.15, 0.2) is 12.3 Å². The number of hydrogen-bond donors (Lipinski definition) is 0. The molecular formula is C11H11ClF3N3S. The van der Waals surface area contributed by atoms with E-state index in [4.69, 9.17) is 11.6 Å². The van der Waals surface area contributed by atoms with E-state index in [1.54, 1.807) is 10.8 Å². The fourth-order valence-corrected chi connectivity index (χ4v) is 2.48. The predicted molar refractivity (Wildman–Crippen MR) is 70.3 cm³/mol. The molecule has 0 atom stereocenters. The van der Waals surface area contributed by atoms with Gasteiger partial charge in [-0.15, -0.1) is 11.6 Å². The van der Waals surface area contributed by atoms with Crippen LogP contribution in [0.25, 0.3) is 11.2 Å². The number of aromatic nitrogens is 3. The van der Waals surface area contributed by atoms with Crippen LogP contribution in [0.1, 0.15) is 11.4 Å². The monoisotopic (exact) mass is 309 g/mol. The molecule has 2 rings (SSSR count). The summed E-state index contributed by atoms with van der Waals surface area (Å²) >= 11 is 5.73. The fourth-order valence-electron chi connectivity index (χ4n) is 1.77. The van der Waals surface area contributed by atoms with Gasteiger partial charge in [-0.1, -0.05) is 0 Å². The first-order chi connectivity index (χ1) is 8.92. The molecule has 0 aromatic carbocycles. The molecule has 2 aromatic rings. The molecule has 3 nitrogen and oxygen atoms in total. The molecule has 2 aromatic heterocycles. The van der Waals surface area contributed by atoms with Crippen molar-refractivity contribution >= 4 is 34.5 Å². The first-order valence-corrected chi connectivity index (χ1v) is 7.02. The van der Waals surface area contributed by atoms with E-state index >= 15 is 0 Å². The molecule has 0 amide bonds. The molecule has 0 radical (unpaired) electrons. The van der Waals surface area contributed by atoms with Gasteiger partial charge in [0.15, 0.2) is 5.65 Å². The zero-order valence-corrected chi connectivity index (χ0v) is 11.6. The molecule has 19 heavy (non-hydrogen) atoms. The predicted octanol–water partition coefficient (Wildman–Crippen LogP) is 3.73. The fraction of sp³-hybridized carbons (Fsp3) is 0.455. The molecule has 104 valence electrons. The lowest BCUT2D eigenvalue weighted by Crippen LogP contribution is -2.09. The van der Waals surface area contributed by atoms with Crippen molar-refractivity contribution in [3.05, 3.63) is 23.7 Å². The van der Waals surface area contributed by atoms with Crippen molar-refractivity contribution < 1.29 is 13.2 Å². The van der Waals surface area contributed by atoms with E-state index in [9.17, 15) is 13.2 Å². The van der Waals surface area contributed by atoms with Crippen molar-refractivity contribution in [2.45, 2.75) is 24.9 Å². The van der Waals surface area contributed by atoms with Crippen molar-refractivity contribution in [1.82, 2.24) is 14.5 Å². The summed E-state index contributed by atoms with van der Waals surface area (Å²) in [6.45, 7) is 2.06. The Balaban J connectivity index is 2.28. The van der Waals surface area contributed by atoms with Crippen LogP contribution in [-0.4, -0.2) is 25.8 Å². The molecule has 0 saturated carbocycles. The molecule has 0 aliphatic carbocycles. The summed E-state index contributed by atoms with van der Waals surface area (Å²) in [4.78, 5) is 8.50. The second-order valence-electron chi connectivity index (χ2n) is 3.91. The first kappa shape index (κ1) is 14.5. The maximum Gasteiger partial charge on any atom is 0.441 e. The Bertz CT molecular complexity index is 582. The summed E-state index contributed by atoms with van der Waals surface area (Å²) in [5.74, 6) is 0.599. The average molecular weight is 310 g/mol. The second-order valence-corrected chi connectivity index (χ2v) is 5.33. The molecule has 0 saturated heterocycles. The van der Waals surface area contributed by atoms with Gasteiger partial charge in [-0.2, -0.15) is 13.2 Å². The van der Waals surface area contributed by atoms with Gasteiger partial charge < -0.3 is 4.57 Å². The number of halogens is 4. The lowest BCUT2D eigenvalue weighted by molar-refractivity contribution is -0.0328. The van der Waals surface area contributed by atoms with Gasteiger partial charge in [0.05, 0.1) is 5.88 Å². The molecule has 0 N–H and O–H groups in total. The minimum atomic E-state index is -4.22. The largest absolute Gasteiger partial charge is 0.441 e. The molecular weight excluding hydrogens is 299 g/mol. The summed E-state index contributed by atoms with van der Waals surface area (Å²) in [5.41, 5.74) is -2.02. The summed E-state index contributed by atoms with van der Waals surface area (Å²) in [6, 6.07) is 1.81. The number of fused-ring (bicyclic) bond motifs is 1. The Labute approximate surface area is 117 Å². The number of rotatable bonds is 4. The number of aryl methyl sites for hydroxylation is 2. The lowest BCUT2D eigenvalue weighted by Gasteiger charge is -2.08. The van der Waals surface area contributed by atoms with Gasteiger partial charge in [0.25, 0.3) is 0 Å². The van der Waals surface area contributed by atoms with Crippen LogP contribution in [0, 0.1) is 6.92 Å². The topological polar surface area (TPSA) is 30.7 Å². The van der Waals surface area contributed by atoms with Gasteiger partial charge in [-0.05, 0) is 30.3 Å². The number of pyridine rings is 1. The van der Waals surface area contributed by atoms with E-state index in [2.05, 4.69) is 9.97 Å². The molecule has 0 spiro atoms. The third-order valence-corrected chi connectivity index (χ3v) is 3.57. The highest BCUT2D eigenvalue weighted by Gasteiger charge is 2.27. The molecule has 0 unspecified atom stereocenters. The Morgan fingerprint density at radius 2 is 2.16 bits per heavy atom. The van der Waals surface area contributed by atoms with E-state index in [0.29, 0.717) is 17.0 Å². The van der Waals surface area contributed by atoms with E-state index < -0.39 is 5.51 Å². The molecule has 8 heteroatoms. The number of nitrogens with zero attached hydrogens (tertiary/aromatic N) is 3. The molecule has 0 aliphatic heterocycles. The minimum absolute atomic E-state index is 0.0557. The van der Waals surface area contributed by atoms with Crippen molar-refractivity contribution in [3.8, 4) is 0 Å². The molecule has 0 bridgehead atoms. The van der Waals surface area contributed by atoms with Crippen LogP contribution in [0.4, 0.5) is 13.2 Å². The van der Waals surface area contributed by atoms with Gasteiger partial charge in [-0.25, -0.2) is 9.97 Å². The van der Waals surface area contributed by atoms with Crippen molar-refractivity contribution in [2.75, 3.05) is 5.75 Å². The average Bonchev–Trinajstić information content (AvgIpc) is 2.68. The number of imidazole rings is 1. The minimum Gasteiger partial charge on any atom is -0.311 e.